The summed E-state index contributed by atoms with van der Waals surface area (Å²) in [5, 5.41) is 15.8. The number of rotatable bonds is 8. The van der Waals surface area contributed by atoms with Crippen molar-refractivity contribution in [1.82, 2.24) is 15.5 Å². The van der Waals surface area contributed by atoms with Gasteiger partial charge >= 0.3 is 12.1 Å². The van der Waals surface area contributed by atoms with Gasteiger partial charge in [-0.2, -0.15) is 0 Å². The highest BCUT2D eigenvalue weighted by Gasteiger charge is 2.62. The first-order valence-electron chi connectivity index (χ1n) is 12.5. The van der Waals surface area contributed by atoms with Gasteiger partial charge in [-0.15, -0.1) is 6.58 Å². The largest absolute Gasteiger partial charge is 0.464 e. The third-order valence-corrected chi connectivity index (χ3v) is 7.10. The lowest BCUT2D eigenvalue weighted by Crippen LogP contribution is -2.59. The summed E-state index contributed by atoms with van der Waals surface area (Å²) >= 11 is 0. The molecule has 0 aromatic heterocycles. The fraction of sp³-hybridized carbons (Fsp3) is 0.760. The fourth-order valence-corrected chi connectivity index (χ4v) is 4.99. The molecule has 5 atom stereocenters. The number of hydrogen-bond donors (Lipinski definition) is 3. The van der Waals surface area contributed by atoms with Crippen LogP contribution >= 0.6 is 0 Å². The lowest BCUT2D eigenvalue weighted by molar-refractivity contribution is -0.150. The van der Waals surface area contributed by atoms with Crippen LogP contribution in [0.2, 0.25) is 0 Å². The van der Waals surface area contributed by atoms with E-state index in [1.807, 2.05) is 20.8 Å². The van der Waals surface area contributed by atoms with Gasteiger partial charge < -0.3 is 30.1 Å². The molecule has 1 saturated heterocycles. The maximum atomic E-state index is 13.6. The Morgan fingerprint density at radius 3 is 2.43 bits per heavy atom. The predicted molar refractivity (Wildman–Crippen MR) is 127 cm³/mol. The van der Waals surface area contributed by atoms with Crippen LogP contribution in [0.25, 0.3) is 0 Å². The number of nitrogens with zero attached hydrogens (tertiary/aromatic N) is 1. The lowest BCUT2D eigenvalue weighted by atomic mass is 9.85. The van der Waals surface area contributed by atoms with Crippen molar-refractivity contribution >= 4 is 23.9 Å². The highest BCUT2D eigenvalue weighted by Crippen LogP contribution is 2.45. The number of likely N-dealkylation sites (tertiary alicyclic amines) is 1. The molecule has 2 saturated carbocycles. The van der Waals surface area contributed by atoms with E-state index in [2.05, 4.69) is 17.2 Å². The topological polar surface area (TPSA) is 134 Å². The minimum atomic E-state index is -1.20. The Morgan fingerprint density at radius 2 is 1.89 bits per heavy atom. The number of β-amino-alcohol motifs (C(OH)–C–C–N with tert-alkyl or cyclic N) is 1. The van der Waals surface area contributed by atoms with E-state index in [1.54, 1.807) is 13.0 Å². The molecule has 10 heteroatoms. The summed E-state index contributed by atoms with van der Waals surface area (Å²) in [7, 11) is 0. The molecule has 35 heavy (non-hydrogen) atoms. The average molecular weight is 494 g/mol. The molecule has 3 aliphatic rings. The Labute approximate surface area is 206 Å². The van der Waals surface area contributed by atoms with Gasteiger partial charge in [-0.1, -0.05) is 26.8 Å². The van der Waals surface area contributed by atoms with Gasteiger partial charge in [0.25, 0.3) is 0 Å². The number of carbonyl (C=O) groups excluding carboxylic acids is 4. The molecule has 2 aliphatic carbocycles. The summed E-state index contributed by atoms with van der Waals surface area (Å²) in [5.74, 6) is -1.85. The van der Waals surface area contributed by atoms with Crippen molar-refractivity contribution in [1.29, 1.82) is 0 Å². The fourth-order valence-electron chi connectivity index (χ4n) is 4.99. The molecule has 3 fully saturated rings. The van der Waals surface area contributed by atoms with Gasteiger partial charge in [0.15, 0.2) is 0 Å². The number of nitrogens with one attached hydrogen (secondary N) is 2. The van der Waals surface area contributed by atoms with Crippen LogP contribution in [0, 0.1) is 11.3 Å². The van der Waals surface area contributed by atoms with E-state index in [9.17, 15) is 24.3 Å². The molecule has 10 nitrogen and oxygen atoms in total. The Bertz CT molecular complexity index is 848. The van der Waals surface area contributed by atoms with E-state index >= 15 is 0 Å². The van der Waals surface area contributed by atoms with Crippen molar-refractivity contribution in [2.45, 2.75) is 96.1 Å². The SMILES string of the molecule is C=C[C@@H]1C[C@]1(NC(=O)[C@@H]1C[C@H](O)CN1C(=O)[C@@H](NC(=O)OC1CCCC1)C(C)(C)C)C(=O)OCC. The highest BCUT2D eigenvalue weighted by molar-refractivity contribution is 5.96. The zero-order valence-electron chi connectivity index (χ0n) is 21.2. The van der Waals surface area contributed by atoms with Crippen LogP contribution in [0.1, 0.15) is 66.2 Å². The number of aliphatic hydroxyl groups excluding tert-OH is 1. The Morgan fingerprint density at radius 1 is 1.23 bits per heavy atom. The molecule has 0 unspecified atom stereocenters. The van der Waals surface area contributed by atoms with Crippen LogP contribution in [-0.4, -0.2) is 76.9 Å². The predicted octanol–water partition coefficient (Wildman–Crippen LogP) is 1.66. The second-order valence-electron chi connectivity index (χ2n) is 10.9. The van der Waals surface area contributed by atoms with Gasteiger partial charge in [0.05, 0.1) is 12.7 Å². The first kappa shape index (κ1) is 27.0. The lowest BCUT2D eigenvalue weighted by Gasteiger charge is -2.35. The standard InChI is InChI=1S/C25H39N3O7/c1-6-15-13-25(15,22(32)34-7-2)27-20(30)18-12-16(29)14-28(18)21(31)19(24(3,4)5)26-23(33)35-17-10-8-9-11-17/h6,15-19,29H,1,7-14H2,2-5H3,(H,26,33)(H,27,30)/t15-,16+,18+,19-,25-/m1/s1. The number of aliphatic hydroxyl groups is 1. The normalized spacial score (nSPS) is 29.3. The number of esters is 1. The van der Waals surface area contributed by atoms with Gasteiger partial charge in [0.1, 0.15) is 23.7 Å². The average Bonchev–Trinajstić information content (AvgIpc) is 3.08. The Hall–Kier alpha value is -2.62. The van der Waals surface area contributed by atoms with Crippen LogP contribution in [0.5, 0.6) is 0 Å². The maximum absolute atomic E-state index is 13.6. The summed E-state index contributed by atoms with van der Waals surface area (Å²) in [4.78, 5) is 53.3. The third-order valence-electron chi connectivity index (χ3n) is 7.10. The van der Waals surface area contributed by atoms with E-state index in [0.29, 0.717) is 6.42 Å². The van der Waals surface area contributed by atoms with Crippen molar-refractivity contribution in [3.63, 3.8) is 0 Å². The van der Waals surface area contributed by atoms with Crippen molar-refractivity contribution in [3.8, 4) is 0 Å². The smallest absolute Gasteiger partial charge is 0.408 e. The van der Waals surface area contributed by atoms with E-state index in [0.717, 1.165) is 25.7 Å². The van der Waals surface area contributed by atoms with E-state index in [1.165, 1.54) is 4.90 Å². The second kappa shape index (κ2) is 10.6. The molecule has 196 valence electrons. The van der Waals surface area contributed by atoms with Crippen molar-refractivity contribution in [2.75, 3.05) is 13.2 Å². The molecule has 0 spiro atoms. The summed E-state index contributed by atoms with van der Waals surface area (Å²) in [6.45, 7) is 10.9. The first-order chi connectivity index (χ1) is 16.4. The summed E-state index contributed by atoms with van der Waals surface area (Å²) in [5.41, 5.74) is -1.89. The molecule has 0 radical (unpaired) electrons. The maximum Gasteiger partial charge on any atom is 0.408 e. The number of amides is 3. The summed E-state index contributed by atoms with van der Waals surface area (Å²) < 4.78 is 10.6. The number of carbonyl (C=O) groups is 4. The summed E-state index contributed by atoms with van der Waals surface area (Å²) in [6, 6.07) is -1.97. The van der Waals surface area contributed by atoms with E-state index in [-0.39, 0.29) is 31.6 Å². The number of ether oxygens (including phenoxy) is 2. The Balaban J connectivity index is 1.74. The van der Waals surface area contributed by atoms with Crippen LogP contribution in [0.15, 0.2) is 12.7 Å². The van der Waals surface area contributed by atoms with Crippen LogP contribution in [0.3, 0.4) is 0 Å². The third kappa shape index (κ3) is 5.97. The van der Waals surface area contributed by atoms with Gasteiger partial charge in [0, 0.05) is 18.9 Å². The van der Waals surface area contributed by atoms with Crippen LogP contribution in [-0.2, 0) is 23.9 Å². The number of alkyl carbamates (subject to hydrolysis) is 1. The van der Waals surface area contributed by atoms with E-state index in [4.69, 9.17) is 9.47 Å². The molecule has 0 bridgehead atoms. The molecular formula is C25H39N3O7. The minimum Gasteiger partial charge on any atom is -0.464 e. The zero-order valence-corrected chi connectivity index (χ0v) is 21.2. The van der Waals surface area contributed by atoms with E-state index < -0.39 is 53.0 Å². The molecule has 0 aromatic carbocycles. The molecule has 3 amide bonds. The molecule has 1 heterocycles. The molecular weight excluding hydrogens is 454 g/mol. The molecule has 3 rings (SSSR count). The second-order valence-corrected chi connectivity index (χ2v) is 10.9. The quantitative estimate of drug-likeness (QED) is 0.346. The van der Waals surface area contributed by atoms with Crippen LogP contribution in [0.4, 0.5) is 4.79 Å². The van der Waals surface area contributed by atoms with Crippen molar-refractivity contribution in [2.24, 2.45) is 11.3 Å². The molecule has 1 aliphatic heterocycles. The molecule has 3 N–H and O–H groups in total. The minimum absolute atomic E-state index is 0.0264. The highest BCUT2D eigenvalue weighted by atomic mass is 16.6. The van der Waals surface area contributed by atoms with Crippen LogP contribution < -0.4 is 10.6 Å². The van der Waals surface area contributed by atoms with Gasteiger partial charge in [-0.3, -0.25) is 9.59 Å². The van der Waals surface area contributed by atoms with Crippen molar-refractivity contribution in [3.05, 3.63) is 12.7 Å². The first-order valence-corrected chi connectivity index (χ1v) is 12.5. The summed E-state index contributed by atoms with van der Waals surface area (Å²) in [6.07, 6.45) is 3.86. The Kier molecular flexibility index (Phi) is 8.14. The monoisotopic (exact) mass is 493 g/mol. The number of hydrogen-bond acceptors (Lipinski definition) is 7. The van der Waals surface area contributed by atoms with Gasteiger partial charge in [0.2, 0.25) is 11.8 Å². The zero-order chi connectivity index (χ0) is 26.0. The van der Waals surface area contributed by atoms with Gasteiger partial charge in [-0.25, -0.2) is 9.59 Å². The molecule has 0 aromatic rings. The van der Waals surface area contributed by atoms with Gasteiger partial charge in [-0.05, 0) is 44.4 Å². The van der Waals surface area contributed by atoms with Crippen molar-refractivity contribution < 1.29 is 33.8 Å².